The van der Waals surface area contributed by atoms with Gasteiger partial charge in [-0.2, -0.15) is 13.2 Å². The Morgan fingerprint density at radius 3 is 2.35 bits per heavy atom. The van der Waals surface area contributed by atoms with Crippen molar-refractivity contribution < 1.29 is 18.0 Å². The largest absolute Gasteiger partial charge is 0.446 e. The number of alkyl halides is 3. The maximum atomic E-state index is 12.3. The number of thioether (sulfide) groups is 1. The van der Waals surface area contributed by atoms with E-state index in [-0.39, 0.29) is 22.4 Å². The molecular weight excluding hydrogens is 249 g/mol. The third kappa shape index (κ3) is 4.42. The van der Waals surface area contributed by atoms with E-state index < -0.39 is 5.51 Å². The van der Waals surface area contributed by atoms with Crippen molar-refractivity contribution in [1.82, 2.24) is 0 Å². The molecule has 0 saturated heterocycles. The lowest BCUT2D eigenvalue weighted by Crippen LogP contribution is -2.02. The molecular formula is C12H13F3OS. The fraction of sp³-hybridized carbons (Fsp3) is 0.417. The van der Waals surface area contributed by atoms with E-state index in [1.807, 2.05) is 6.92 Å². The molecule has 5 heteroatoms. The Kier molecular flexibility index (Phi) is 4.62. The van der Waals surface area contributed by atoms with E-state index in [1.165, 1.54) is 12.1 Å². The summed E-state index contributed by atoms with van der Waals surface area (Å²) >= 11 is -0.180. The van der Waals surface area contributed by atoms with Gasteiger partial charge in [0.2, 0.25) is 0 Å². The Balaban J connectivity index is 3.09. The first-order valence-electron chi connectivity index (χ1n) is 5.28. The molecule has 0 aliphatic heterocycles. The lowest BCUT2D eigenvalue weighted by atomic mass is 10.0. The van der Waals surface area contributed by atoms with E-state index in [2.05, 4.69) is 0 Å². The molecule has 0 atom stereocenters. The van der Waals surface area contributed by atoms with E-state index in [1.54, 1.807) is 13.0 Å². The van der Waals surface area contributed by atoms with Crippen LogP contribution in [0.5, 0.6) is 0 Å². The summed E-state index contributed by atoms with van der Waals surface area (Å²) in [5.41, 5.74) is -3.21. The second-order valence-electron chi connectivity index (χ2n) is 3.54. The summed E-state index contributed by atoms with van der Waals surface area (Å²) in [6.07, 6.45) is 0.902. The minimum absolute atomic E-state index is 0.0775. The maximum Gasteiger partial charge on any atom is 0.446 e. The molecule has 0 radical (unpaired) electrons. The molecule has 0 aliphatic carbocycles. The van der Waals surface area contributed by atoms with E-state index in [9.17, 15) is 18.0 Å². The van der Waals surface area contributed by atoms with Crippen LogP contribution in [0.2, 0.25) is 0 Å². The summed E-state index contributed by atoms with van der Waals surface area (Å²) in [7, 11) is 0. The lowest BCUT2D eigenvalue weighted by molar-refractivity contribution is -0.0328. The molecule has 17 heavy (non-hydrogen) atoms. The fourth-order valence-electron chi connectivity index (χ4n) is 1.42. The predicted octanol–water partition coefficient (Wildman–Crippen LogP) is 4.45. The monoisotopic (exact) mass is 262 g/mol. The van der Waals surface area contributed by atoms with Crippen molar-refractivity contribution in [3.05, 3.63) is 29.3 Å². The molecule has 0 fully saturated rings. The highest BCUT2D eigenvalue weighted by Gasteiger charge is 2.29. The highest BCUT2D eigenvalue weighted by molar-refractivity contribution is 8.00. The first-order chi connectivity index (χ1) is 7.85. The van der Waals surface area contributed by atoms with Gasteiger partial charge in [-0.3, -0.25) is 4.79 Å². The molecule has 0 aromatic heterocycles. The number of hydrogen-bond acceptors (Lipinski definition) is 2. The van der Waals surface area contributed by atoms with Crippen LogP contribution in [0.1, 0.15) is 36.2 Å². The zero-order valence-corrected chi connectivity index (χ0v) is 10.4. The van der Waals surface area contributed by atoms with Crippen LogP contribution in [0.4, 0.5) is 13.2 Å². The number of halogens is 3. The number of carbonyl (C=O) groups is 1. The number of Topliss-reactive ketones (excluding diaryl/α,β-unsaturated/α-hetero) is 1. The molecule has 0 unspecified atom stereocenters. The summed E-state index contributed by atoms with van der Waals surface area (Å²) in [5, 5.41) is 0. The van der Waals surface area contributed by atoms with E-state index in [0.29, 0.717) is 18.4 Å². The number of benzene rings is 1. The Morgan fingerprint density at radius 2 is 1.88 bits per heavy atom. The standard InChI is InChI=1S/C12H13F3OS/c1-3-8-5-9(11(16)4-2)7-10(6-8)17-12(13,14)15/h5-7H,3-4H2,1-2H3. The molecule has 0 amide bonds. The van der Waals surface area contributed by atoms with Crippen LogP contribution < -0.4 is 0 Å². The van der Waals surface area contributed by atoms with Crippen molar-refractivity contribution >= 4 is 17.5 Å². The second-order valence-corrected chi connectivity index (χ2v) is 4.68. The van der Waals surface area contributed by atoms with Gasteiger partial charge in [-0.15, -0.1) is 0 Å². The smallest absolute Gasteiger partial charge is 0.294 e. The normalized spacial score (nSPS) is 11.6. The van der Waals surface area contributed by atoms with Crippen LogP contribution in [0, 0.1) is 0 Å². The summed E-state index contributed by atoms with van der Waals surface area (Å²) in [4.78, 5) is 11.6. The Morgan fingerprint density at radius 1 is 1.24 bits per heavy atom. The van der Waals surface area contributed by atoms with Gasteiger partial charge in [-0.1, -0.05) is 13.8 Å². The summed E-state index contributed by atoms with van der Waals surface area (Å²) in [5.74, 6) is -0.135. The van der Waals surface area contributed by atoms with Crippen LogP contribution in [-0.4, -0.2) is 11.3 Å². The second kappa shape index (κ2) is 5.58. The SMILES string of the molecule is CCC(=O)c1cc(CC)cc(SC(F)(F)F)c1. The van der Waals surface area contributed by atoms with Gasteiger partial charge in [0.05, 0.1) is 0 Å². The van der Waals surface area contributed by atoms with E-state index in [0.717, 1.165) is 5.56 Å². The molecule has 0 heterocycles. The van der Waals surface area contributed by atoms with Gasteiger partial charge in [0, 0.05) is 16.9 Å². The summed E-state index contributed by atoms with van der Waals surface area (Å²) < 4.78 is 36.8. The molecule has 1 rings (SSSR count). The van der Waals surface area contributed by atoms with Gasteiger partial charge in [-0.05, 0) is 41.9 Å². The minimum atomic E-state index is -4.32. The van der Waals surface area contributed by atoms with Gasteiger partial charge < -0.3 is 0 Å². The highest BCUT2D eigenvalue weighted by Crippen LogP contribution is 2.37. The third-order valence-corrected chi connectivity index (χ3v) is 2.95. The van der Waals surface area contributed by atoms with Crippen molar-refractivity contribution in [1.29, 1.82) is 0 Å². The van der Waals surface area contributed by atoms with E-state index >= 15 is 0 Å². The fourth-order valence-corrected chi connectivity index (χ4v) is 2.09. The van der Waals surface area contributed by atoms with Crippen LogP contribution >= 0.6 is 11.8 Å². The van der Waals surface area contributed by atoms with Crippen molar-refractivity contribution in [2.45, 2.75) is 37.1 Å². The Bertz CT molecular complexity index is 413. The van der Waals surface area contributed by atoms with Crippen molar-refractivity contribution in [3.63, 3.8) is 0 Å². The van der Waals surface area contributed by atoms with Crippen molar-refractivity contribution in [2.24, 2.45) is 0 Å². The third-order valence-electron chi connectivity index (χ3n) is 2.25. The van der Waals surface area contributed by atoms with Gasteiger partial charge >= 0.3 is 5.51 Å². The Labute approximate surface area is 102 Å². The first kappa shape index (κ1) is 14.1. The minimum Gasteiger partial charge on any atom is -0.294 e. The number of aryl methyl sites for hydroxylation is 1. The van der Waals surface area contributed by atoms with Crippen LogP contribution in [0.15, 0.2) is 23.1 Å². The average Bonchev–Trinajstić information content (AvgIpc) is 2.25. The van der Waals surface area contributed by atoms with Crippen LogP contribution in [0.3, 0.4) is 0 Å². The maximum absolute atomic E-state index is 12.3. The lowest BCUT2D eigenvalue weighted by Gasteiger charge is -2.09. The van der Waals surface area contributed by atoms with Crippen molar-refractivity contribution in [2.75, 3.05) is 0 Å². The van der Waals surface area contributed by atoms with Gasteiger partial charge in [0.15, 0.2) is 5.78 Å². The molecule has 1 nitrogen and oxygen atoms in total. The molecule has 0 N–H and O–H groups in total. The molecule has 0 bridgehead atoms. The quantitative estimate of drug-likeness (QED) is 0.589. The summed E-state index contributed by atoms with van der Waals surface area (Å²) in [6, 6.07) is 4.44. The first-order valence-corrected chi connectivity index (χ1v) is 6.10. The number of hydrogen-bond donors (Lipinski definition) is 0. The molecule has 94 valence electrons. The molecule has 1 aromatic carbocycles. The summed E-state index contributed by atoms with van der Waals surface area (Å²) in [6.45, 7) is 3.54. The van der Waals surface area contributed by atoms with E-state index in [4.69, 9.17) is 0 Å². The van der Waals surface area contributed by atoms with Crippen LogP contribution in [0.25, 0.3) is 0 Å². The van der Waals surface area contributed by atoms with Crippen LogP contribution in [-0.2, 0) is 6.42 Å². The molecule has 0 spiro atoms. The Hall–Kier alpha value is -0.970. The molecule has 1 aromatic rings. The molecule has 0 saturated carbocycles. The predicted molar refractivity (Wildman–Crippen MR) is 62.4 cm³/mol. The highest BCUT2D eigenvalue weighted by atomic mass is 32.2. The van der Waals surface area contributed by atoms with Crippen molar-refractivity contribution in [3.8, 4) is 0 Å². The van der Waals surface area contributed by atoms with Gasteiger partial charge in [-0.25, -0.2) is 0 Å². The number of ketones is 1. The van der Waals surface area contributed by atoms with Gasteiger partial charge in [0.1, 0.15) is 0 Å². The average molecular weight is 262 g/mol. The topological polar surface area (TPSA) is 17.1 Å². The molecule has 0 aliphatic rings. The van der Waals surface area contributed by atoms with Gasteiger partial charge in [0.25, 0.3) is 0 Å². The zero-order chi connectivity index (χ0) is 13.1. The number of carbonyl (C=O) groups excluding carboxylic acids is 1. The zero-order valence-electron chi connectivity index (χ0n) is 9.60. The number of rotatable bonds is 4.